The van der Waals surface area contributed by atoms with Crippen molar-refractivity contribution in [2.45, 2.75) is 37.4 Å². The monoisotopic (exact) mass is 833 g/mol. The zero-order valence-electron chi connectivity index (χ0n) is 34.5. The summed E-state index contributed by atoms with van der Waals surface area (Å²) in [6, 6.07) is 25.8. The molecule has 1 fully saturated rings. The quantitative estimate of drug-likeness (QED) is 0.185. The van der Waals surface area contributed by atoms with Crippen LogP contribution < -0.4 is 31.1 Å². The number of phenols is 1. The summed E-state index contributed by atoms with van der Waals surface area (Å²) < 4.78 is 21.6. The number of hydrogen-bond acceptors (Lipinski definition) is 10. The number of Topliss-reactive ketones (excluding diaryl/α,β-unsaturated/α-hetero) is 1. The lowest BCUT2D eigenvalue weighted by Gasteiger charge is -2.53. The van der Waals surface area contributed by atoms with E-state index in [9.17, 15) is 19.5 Å². The van der Waals surface area contributed by atoms with E-state index in [4.69, 9.17) is 14.2 Å². The third-order valence-electron chi connectivity index (χ3n) is 12.7. The van der Waals surface area contributed by atoms with Gasteiger partial charge in [0.2, 0.25) is 0 Å². The van der Waals surface area contributed by atoms with Gasteiger partial charge in [-0.3, -0.25) is 14.4 Å². The van der Waals surface area contributed by atoms with E-state index in [1.807, 2.05) is 66.8 Å². The molecule has 1 saturated carbocycles. The molecule has 0 spiro atoms. The van der Waals surface area contributed by atoms with Gasteiger partial charge in [-0.05, 0) is 46.9 Å². The van der Waals surface area contributed by atoms with E-state index >= 15 is 9.59 Å². The molecular formula is C48H43N5O9. The first-order valence-corrected chi connectivity index (χ1v) is 20.2. The molecule has 0 bridgehead atoms. The Labute approximate surface area is 354 Å². The van der Waals surface area contributed by atoms with Crippen molar-refractivity contribution in [1.29, 1.82) is 0 Å². The largest absolute Gasteiger partial charge is 0.504 e. The number of rotatable bonds is 10. The van der Waals surface area contributed by atoms with E-state index in [1.54, 1.807) is 43.4 Å². The Morgan fingerprint density at radius 1 is 0.839 bits per heavy atom. The highest BCUT2D eigenvalue weighted by Gasteiger charge is 2.62. The van der Waals surface area contributed by atoms with Gasteiger partial charge in [0.15, 0.2) is 34.6 Å². The first-order valence-electron chi connectivity index (χ1n) is 20.2. The normalized spacial score (nSPS) is 20.6. The highest BCUT2D eigenvalue weighted by molar-refractivity contribution is 6.31. The molecule has 4 aromatic carbocycles. The van der Waals surface area contributed by atoms with E-state index in [1.165, 1.54) is 47.4 Å². The molecule has 14 nitrogen and oxygen atoms in total. The van der Waals surface area contributed by atoms with Crippen molar-refractivity contribution in [3.05, 3.63) is 169 Å². The zero-order valence-corrected chi connectivity index (χ0v) is 34.5. The minimum atomic E-state index is -1.42. The maximum Gasteiger partial charge on any atom is 0.347 e. The smallest absolute Gasteiger partial charge is 0.347 e. The standard InChI is InChI=1S/C48H43N5O9/c1-50-38-27-42(62-4)41(61-3)26-36(38)49-35(45(50)57)20-21-51-46(58)52-22-19-31-33(17-15-28-16-18-39(54)40(23-28)60-2)48(30-13-9-6-10-14-30)34(25-37(31)53(52)47(51)59)44(56)32(24-43(48)55)29-11-7-5-8-12-29/h5-19,23-24,26-27,33-34,37,54H,20-22,25H2,1-4H3. The third-order valence-corrected chi connectivity index (χ3v) is 12.7. The summed E-state index contributed by atoms with van der Waals surface area (Å²) in [6.07, 6.45) is 7.09. The fourth-order valence-corrected chi connectivity index (χ4v) is 9.72. The number of aromatic nitrogens is 5. The van der Waals surface area contributed by atoms with Gasteiger partial charge in [-0.2, -0.15) is 0 Å². The number of carbonyl (C=O) groups excluding carboxylic acids is 2. The summed E-state index contributed by atoms with van der Waals surface area (Å²) in [4.78, 5) is 77.4. The van der Waals surface area contributed by atoms with Crippen LogP contribution in [-0.4, -0.2) is 61.5 Å². The second-order valence-corrected chi connectivity index (χ2v) is 15.7. The first-order chi connectivity index (χ1) is 30.0. The number of hydrogen-bond donors (Lipinski definition) is 1. The van der Waals surface area contributed by atoms with Gasteiger partial charge in [-0.1, -0.05) is 85.0 Å². The molecule has 0 radical (unpaired) electrons. The molecule has 2 aliphatic carbocycles. The molecule has 62 heavy (non-hydrogen) atoms. The second kappa shape index (κ2) is 15.5. The Kier molecular flexibility index (Phi) is 10.0. The van der Waals surface area contributed by atoms with Crippen molar-refractivity contribution in [3.8, 4) is 23.0 Å². The van der Waals surface area contributed by atoms with Crippen LogP contribution >= 0.6 is 0 Å². The summed E-state index contributed by atoms with van der Waals surface area (Å²) >= 11 is 0. The van der Waals surface area contributed by atoms with Crippen LogP contribution in [0.15, 0.2) is 129 Å². The molecule has 3 heterocycles. The summed E-state index contributed by atoms with van der Waals surface area (Å²) in [7, 11) is 6.07. The number of aromatic hydroxyl groups is 1. The number of benzene rings is 4. The van der Waals surface area contributed by atoms with Crippen molar-refractivity contribution < 1.29 is 28.9 Å². The van der Waals surface area contributed by atoms with E-state index in [-0.39, 0.29) is 65.8 Å². The van der Waals surface area contributed by atoms with Gasteiger partial charge in [-0.15, -0.1) is 0 Å². The van der Waals surface area contributed by atoms with Gasteiger partial charge >= 0.3 is 11.4 Å². The molecule has 2 aromatic heterocycles. The molecule has 1 aliphatic heterocycles. The summed E-state index contributed by atoms with van der Waals surface area (Å²) in [5.41, 5.74) is 1.06. The highest BCUT2D eigenvalue weighted by atomic mass is 16.5. The van der Waals surface area contributed by atoms with Crippen molar-refractivity contribution in [2.75, 3.05) is 21.3 Å². The number of carbonyl (C=O) groups is 2. The lowest BCUT2D eigenvalue weighted by Crippen LogP contribution is -2.59. The fraction of sp³-hybridized carbons (Fsp3) is 0.250. The number of ether oxygens (including phenoxy) is 3. The molecule has 0 amide bonds. The Morgan fingerprint density at radius 3 is 2.24 bits per heavy atom. The molecule has 4 unspecified atom stereocenters. The molecule has 9 rings (SSSR count). The van der Waals surface area contributed by atoms with Crippen molar-refractivity contribution in [2.24, 2.45) is 18.9 Å². The van der Waals surface area contributed by atoms with Gasteiger partial charge in [-0.25, -0.2) is 28.5 Å². The van der Waals surface area contributed by atoms with Gasteiger partial charge in [0.1, 0.15) is 5.69 Å². The second-order valence-electron chi connectivity index (χ2n) is 15.7. The first kappa shape index (κ1) is 40.0. The van der Waals surface area contributed by atoms with E-state index < -0.39 is 34.7 Å². The average Bonchev–Trinajstić information content (AvgIpc) is 3.55. The lowest BCUT2D eigenvalue weighted by molar-refractivity contribution is -0.133. The third kappa shape index (κ3) is 6.15. The van der Waals surface area contributed by atoms with E-state index in [2.05, 4.69) is 4.98 Å². The topological polar surface area (TPSA) is 166 Å². The molecule has 0 saturated heterocycles. The van der Waals surface area contributed by atoms with Crippen molar-refractivity contribution >= 4 is 34.2 Å². The predicted octanol–water partition coefficient (Wildman–Crippen LogP) is 5.04. The van der Waals surface area contributed by atoms with Crippen molar-refractivity contribution in [1.82, 2.24) is 23.5 Å². The van der Waals surface area contributed by atoms with Crippen molar-refractivity contribution in [3.63, 3.8) is 0 Å². The minimum Gasteiger partial charge on any atom is -0.504 e. The minimum absolute atomic E-state index is 0.0185. The Balaban J connectivity index is 1.17. The molecule has 4 atom stereocenters. The Hall–Kier alpha value is -7.48. The number of phenolic OH excluding ortho intramolecular Hbond substituents is 1. The number of ketones is 2. The zero-order chi connectivity index (χ0) is 43.4. The highest BCUT2D eigenvalue weighted by Crippen LogP contribution is 2.58. The van der Waals surface area contributed by atoms with E-state index in [0.717, 1.165) is 4.57 Å². The number of nitrogens with zero attached hydrogens (tertiary/aromatic N) is 5. The summed E-state index contributed by atoms with van der Waals surface area (Å²) in [6.45, 7) is -0.125. The van der Waals surface area contributed by atoms with Crippen LogP contribution in [0.3, 0.4) is 0 Å². The number of fused-ring (bicyclic) bond motifs is 5. The van der Waals surface area contributed by atoms with Gasteiger partial charge in [0, 0.05) is 49.6 Å². The van der Waals surface area contributed by atoms with Crippen LogP contribution in [0.4, 0.5) is 0 Å². The molecule has 14 heteroatoms. The number of allylic oxidation sites excluding steroid dienone is 5. The van der Waals surface area contributed by atoms with Crippen LogP contribution in [0.25, 0.3) is 22.7 Å². The van der Waals surface area contributed by atoms with Crippen LogP contribution in [0.1, 0.15) is 34.8 Å². The Morgan fingerprint density at radius 2 is 1.53 bits per heavy atom. The van der Waals surface area contributed by atoms with Crippen LogP contribution in [0.5, 0.6) is 23.0 Å². The molecular weight excluding hydrogens is 791 g/mol. The maximum absolute atomic E-state index is 15.2. The number of methoxy groups -OCH3 is 3. The number of aryl methyl sites for hydroxylation is 2. The molecule has 3 aliphatic rings. The van der Waals surface area contributed by atoms with Gasteiger partial charge in [0.05, 0.1) is 50.4 Å². The fourth-order valence-electron chi connectivity index (χ4n) is 9.72. The lowest BCUT2D eigenvalue weighted by atomic mass is 9.49. The molecule has 1 N–H and O–H groups in total. The Bertz CT molecular complexity index is 3080. The van der Waals surface area contributed by atoms with E-state index in [0.29, 0.717) is 44.8 Å². The predicted molar refractivity (Wildman–Crippen MR) is 232 cm³/mol. The summed E-state index contributed by atoms with van der Waals surface area (Å²) in [5, 5.41) is 10.3. The van der Waals surface area contributed by atoms with Crippen LogP contribution in [0.2, 0.25) is 0 Å². The van der Waals surface area contributed by atoms with Gasteiger partial charge < -0.3 is 23.9 Å². The SMILES string of the molecule is COc1cc(C=CC2C3=CCn4c(=O)n(CCc5nc6cc(OC)c(OC)cc6n(C)c5=O)c(=O)n4C3CC3C(=O)C(c4ccccc4)=CC(=O)C23c2ccccc2)ccc1O. The average molecular weight is 834 g/mol. The summed E-state index contributed by atoms with van der Waals surface area (Å²) in [5.74, 6) is -1.14. The van der Waals surface area contributed by atoms with Crippen LogP contribution in [0, 0.1) is 11.8 Å². The van der Waals surface area contributed by atoms with Gasteiger partial charge in [0.25, 0.3) is 5.56 Å². The molecule has 6 aromatic rings. The molecule has 314 valence electrons. The van der Waals surface area contributed by atoms with Crippen LogP contribution in [-0.2, 0) is 41.6 Å². The maximum atomic E-state index is 15.2.